The first-order valence-electron chi connectivity index (χ1n) is 8.43. The number of nitrogens with zero attached hydrogens (tertiary/aromatic N) is 1. The second-order valence-electron chi connectivity index (χ2n) is 5.86. The van der Waals surface area contributed by atoms with Gasteiger partial charge >= 0.3 is 11.9 Å². The summed E-state index contributed by atoms with van der Waals surface area (Å²) in [4.78, 5) is 30.3. The Labute approximate surface area is 171 Å². The molecule has 0 unspecified atom stereocenters. The van der Waals surface area contributed by atoms with Crippen LogP contribution in [-0.2, 0) is 19.1 Å². The van der Waals surface area contributed by atoms with E-state index in [2.05, 4.69) is 4.98 Å². The molecule has 0 fully saturated rings. The Balaban J connectivity index is 0.00000338. The van der Waals surface area contributed by atoms with Crippen LogP contribution in [0.15, 0.2) is 47.1 Å². The van der Waals surface area contributed by atoms with Crippen LogP contribution >= 0.6 is 0 Å². The Bertz CT molecular complexity index is 686. The highest BCUT2D eigenvalue weighted by Crippen LogP contribution is 2.37. The van der Waals surface area contributed by atoms with Gasteiger partial charge in [0.2, 0.25) is 0 Å². The third kappa shape index (κ3) is 4.32. The van der Waals surface area contributed by atoms with Crippen molar-refractivity contribution in [2.24, 2.45) is 0 Å². The molecule has 0 aromatic carbocycles. The van der Waals surface area contributed by atoms with Crippen molar-refractivity contribution in [1.82, 2.24) is 4.98 Å². The Kier molecular flexibility index (Phi) is 8.42. The number of carbonyl (C=O) groups is 2. The van der Waals surface area contributed by atoms with Crippen molar-refractivity contribution in [1.29, 1.82) is 0 Å². The van der Waals surface area contributed by atoms with E-state index >= 15 is 0 Å². The smallest absolute Gasteiger partial charge is 0.340 e. The van der Waals surface area contributed by atoms with Crippen molar-refractivity contribution < 1.29 is 47.9 Å². The van der Waals surface area contributed by atoms with Gasteiger partial charge < -0.3 is 33.5 Å². The number of hydrogen-bond donors (Lipinski definition) is 1. The zero-order valence-corrected chi connectivity index (χ0v) is 17.9. The van der Waals surface area contributed by atoms with Crippen LogP contribution in [0.4, 0.5) is 0 Å². The van der Waals surface area contributed by atoms with Crippen molar-refractivity contribution in [2.75, 3.05) is 20.3 Å². The van der Waals surface area contributed by atoms with Crippen LogP contribution in [0.2, 0.25) is 0 Å². The van der Waals surface area contributed by atoms with Gasteiger partial charge in [-0.1, -0.05) is 0 Å². The average molecular weight is 472 g/mol. The zero-order chi connectivity index (χ0) is 18.6. The predicted molar refractivity (Wildman–Crippen MR) is 92.5 cm³/mol. The summed E-state index contributed by atoms with van der Waals surface area (Å²) in [7, 11) is 1.91. The molecule has 0 spiro atoms. The topological polar surface area (TPSA) is 69.9 Å². The molecule has 0 saturated heterocycles. The van der Waals surface area contributed by atoms with Crippen LogP contribution in [0.1, 0.15) is 39.2 Å². The zero-order valence-electron chi connectivity index (χ0n) is 15.8. The summed E-state index contributed by atoms with van der Waals surface area (Å²) in [5.74, 6) is -1.34. The minimum atomic E-state index is -0.523. The van der Waals surface area contributed by atoms with Gasteiger partial charge in [0.1, 0.15) is 22.5 Å². The number of allylic oxidation sites excluding steroid dienone is 2. The molecule has 0 aliphatic carbocycles. The van der Waals surface area contributed by atoms with Crippen molar-refractivity contribution in [3.8, 4) is 0 Å². The van der Waals surface area contributed by atoms with Crippen LogP contribution in [0, 0.1) is 0 Å². The number of hydrogen-bond acceptors (Lipinski definition) is 5. The third-order valence-corrected chi connectivity index (χ3v) is 4.54. The molecule has 0 saturated carbocycles. The molecule has 2 heterocycles. The Morgan fingerprint density at radius 3 is 1.81 bits per heavy atom. The summed E-state index contributed by atoms with van der Waals surface area (Å²) in [5.41, 5.74) is 3.46. The molecule has 1 aromatic heterocycles. The average Bonchev–Trinajstić information content (AvgIpc) is 2.60. The van der Waals surface area contributed by atoms with E-state index in [1.165, 1.54) is 0 Å². The van der Waals surface area contributed by atoms with E-state index in [0.717, 1.165) is 21.9 Å². The van der Waals surface area contributed by atoms with Crippen LogP contribution in [0.25, 0.3) is 0 Å². The summed E-state index contributed by atoms with van der Waals surface area (Å²) in [5, 5.41) is 0. The van der Waals surface area contributed by atoms with E-state index in [0.29, 0.717) is 11.1 Å². The summed E-state index contributed by atoms with van der Waals surface area (Å²) in [6.07, 6.45) is 3.30. The molecular formula is C19H25IN2O4. The summed E-state index contributed by atoms with van der Waals surface area (Å²) in [6, 6.07) is 3.62. The fourth-order valence-corrected chi connectivity index (χ4v) is 3.11. The normalized spacial score (nSPS) is 19.7. The van der Waals surface area contributed by atoms with Crippen molar-refractivity contribution >= 4 is 11.9 Å². The first kappa shape index (κ1) is 22.3. The molecular weight excluding hydrogens is 447 g/mol. The summed E-state index contributed by atoms with van der Waals surface area (Å²) < 4.78 is 10.5. The second-order valence-corrected chi connectivity index (χ2v) is 5.86. The van der Waals surface area contributed by atoms with Crippen LogP contribution in [0.3, 0.4) is 0 Å². The molecule has 0 bridgehead atoms. The van der Waals surface area contributed by atoms with Gasteiger partial charge in [-0.05, 0) is 31.5 Å². The number of carbonyl (C=O) groups excluding carboxylic acids is 2. The van der Waals surface area contributed by atoms with E-state index in [4.69, 9.17) is 9.47 Å². The van der Waals surface area contributed by atoms with E-state index in [-0.39, 0.29) is 37.2 Å². The van der Waals surface area contributed by atoms with Gasteiger partial charge in [-0.2, -0.15) is 0 Å². The lowest BCUT2D eigenvalue weighted by Gasteiger charge is -2.31. The van der Waals surface area contributed by atoms with Gasteiger partial charge in [-0.15, -0.1) is 0 Å². The molecule has 26 heavy (non-hydrogen) atoms. The fourth-order valence-electron chi connectivity index (χ4n) is 3.11. The Hall–Kier alpha value is -1.74. The lowest BCUT2D eigenvalue weighted by Crippen LogP contribution is -3.05. The maximum atomic E-state index is 12.7. The monoisotopic (exact) mass is 472 g/mol. The van der Waals surface area contributed by atoms with E-state index in [1.54, 1.807) is 26.2 Å². The fraction of sp³-hybridized carbons (Fsp3) is 0.421. The Morgan fingerprint density at radius 1 is 1.00 bits per heavy atom. The largest absolute Gasteiger partial charge is 1.00 e. The number of pyridine rings is 1. The SMILES string of the molecule is CCOC(=O)C1=C(C)[NH+](C)C(C)=C(C(=O)OCC)C1c1ccncc1.[I-]. The van der Waals surface area contributed by atoms with Crippen LogP contribution < -0.4 is 28.9 Å². The number of rotatable bonds is 5. The maximum Gasteiger partial charge on any atom is 0.340 e. The lowest BCUT2D eigenvalue weighted by atomic mass is 9.80. The van der Waals surface area contributed by atoms with Gasteiger partial charge in [0.05, 0.1) is 26.2 Å². The number of aromatic nitrogens is 1. The van der Waals surface area contributed by atoms with Gasteiger partial charge in [0.15, 0.2) is 0 Å². The molecule has 0 radical (unpaired) electrons. The Morgan fingerprint density at radius 2 is 1.42 bits per heavy atom. The van der Waals surface area contributed by atoms with E-state index in [1.807, 2.05) is 33.0 Å². The van der Waals surface area contributed by atoms with Crippen molar-refractivity contribution in [3.05, 3.63) is 52.6 Å². The molecule has 7 heteroatoms. The predicted octanol–water partition coefficient (Wildman–Crippen LogP) is -1.63. The number of quaternary nitrogens is 1. The second kappa shape index (κ2) is 9.82. The summed E-state index contributed by atoms with van der Waals surface area (Å²) in [6.45, 7) is 7.86. The van der Waals surface area contributed by atoms with Gasteiger partial charge in [0.25, 0.3) is 0 Å². The van der Waals surface area contributed by atoms with E-state index in [9.17, 15) is 9.59 Å². The van der Waals surface area contributed by atoms with Gasteiger partial charge in [0, 0.05) is 26.2 Å². The highest BCUT2D eigenvalue weighted by molar-refractivity contribution is 5.99. The van der Waals surface area contributed by atoms with Crippen LogP contribution in [0.5, 0.6) is 0 Å². The molecule has 2 rings (SSSR count). The van der Waals surface area contributed by atoms with E-state index < -0.39 is 17.9 Å². The molecule has 6 nitrogen and oxygen atoms in total. The molecule has 1 aliphatic rings. The number of ether oxygens (including phenoxy) is 2. The van der Waals surface area contributed by atoms with Crippen LogP contribution in [-0.4, -0.2) is 37.2 Å². The molecule has 0 amide bonds. The first-order chi connectivity index (χ1) is 11.9. The lowest BCUT2D eigenvalue weighted by molar-refractivity contribution is -0.798. The number of esters is 2. The van der Waals surface area contributed by atoms with Crippen molar-refractivity contribution in [2.45, 2.75) is 33.6 Å². The minimum Gasteiger partial charge on any atom is -1.00 e. The maximum absolute atomic E-state index is 12.7. The summed E-state index contributed by atoms with van der Waals surface area (Å²) >= 11 is 0. The minimum absolute atomic E-state index is 0. The highest BCUT2D eigenvalue weighted by atomic mass is 127. The van der Waals surface area contributed by atoms with Gasteiger partial charge in [-0.3, -0.25) is 9.88 Å². The molecule has 0 atom stereocenters. The number of halogens is 1. The van der Waals surface area contributed by atoms with Gasteiger partial charge in [-0.25, -0.2) is 9.59 Å². The molecule has 1 aliphatic heterocycles. The first-order valence-corrected chi connectivity index (χ1v) is 8.43. The molecule has 1 aromatic rings. The number of nitrogens with one attached hydrogen (secondary N) is 1. The quantitative estimate of drug-likeness (QED) is 0.412. The third-order valence-electron chi connectivity index (χ3n) is 4.54. The highest BCUT2D eigenvalue weighted by Gasteiger charge is 2.42. The molecule has 1 N–H and O–H groups in total. The molecule has 142 valence electrons. The standard InChI is InChI=1S/C19H24N2O4.HI/c1-6-24-18(22)15-12(3)21(5)13(4)16(19(23)25-7-2)17(15)14-8-10-20-11-9-14;/h8-11,17H,6-7H2,1-5H3;1H. The van der Waals surface area contributed by atoms with Crippen molar-refractivity contribution in [3.63, 3.8) is 0 Å².